The van der Waals surface area contributed by atoms with Crippen LogP contribution < -0.4 is 5.32 Å². The van der Waals surface area contributed by atoms with Crippen LogP contribution in [0.3, 0.4) is 0 Å². The van der Waals surface area contributed by atoms with E-state index in [1.165, 1.54) is 0 Å². The molecule has 1 N–H and O–H groups in total. The number of carbonyl (C=O) groups is 1. The number of hydrogen-bond donors (Lipinski definition) is 1. The van der Waals surface area contributed by atoms with E-state index in [4.69, 9.17) is 4.42 Å². The van der Waals surface area contributed by atoms with Gasteiger partial charge in [0.15, 0.2) is 0 Å². The first kappa shape index (κ1) is 15.8. The fraction of sp³-hybridized carbons (Fsp3) is 0.500. The molecule has 5 heteroatoms. The van der Waals surface area contributed by atoms with Crippen molar-refractivity contribution in [3.05, 3.63) is 28.3 Å². The van der Waals surface area contributed by atoms with E-state index < -0.39 is 0 Å². The van der Waals surface area contributed by atoms with Crippen molar-refractivity contribution in [1.29, 1.82) is 0 Å². The van der Waals surface area contributed by atoms with E-state index in [1.54, 1.807) is 11.3 Å². The number of carbonyl (C=O) groups excluding carboxylic acids is 1. The maximum absolute atomic E-state index is 12.1. The van der Waals surface area contributed by atoms with Crippen molar-refractivity contribution in [1.82, 2.24) is 10.3 Å². The van der Waals surface area contributed by atoms with E-state index in [2.05, 4.69) is 24.1 Å². The minimum Gasteiger partial charge on any atom is -0.441 e. The molecule has 2 unspecified atom stereocenters. The van der Waals surface area contributed by atoms with Crippen LogP contribution >= 0.6 is 11.3 Å². The van der Waals surface area contributed by atoms with E-state index in [0.717, 1.165) is 12.0 Å². The van der Waals surface area contributed by atoms with Crippen LogP contribution in [0.4, 0.5) is 0 Å². The summed E-state index contributed by atoms with van der Waals surface area (Å²) >= 11 is 1.60. The predicted molar refractivity (Wildman–Crippen MR) is 85.3 cm³/mol. The lowest BCUT2D eigenvalue weighted by Gasteiger charge is -2.19. The number of rotatable bonds is 6. The summed E-state index contributed by atoms with van der Waals surface area (Å²) in [5.41, 5.74) is 1.67. The molecular weight excluding hydrogens is 284 g/mol. The minimum absolute atomic E-state index is 0.00364. The number of nitrogens with one attached hydrogen (secondary N) is 1. The molecule has 0 fully saturated rings. The number of thiophene rings is 1. The Morgan fingerprint density at radius 1 is 1.48 bits per heavy atom. The van der Waals surface area contributed by atoms with Crippen LogP contribution in [-0.4, -0.2) is 16.9 Å². The first-order valence-corrected chi connectivity index (χ1v) is 8.23. The number of hydrogen-bond acceptors (Lipinski definition) is 4. The number of aromatic nitrogens is 1. The van der Waals surface area contributed by atoms with E-state index in [0.29, 0.717) is 23.3 Å². The smallest absolute Gasteiger partial charge is 0.227 e. The lowest BCUT2D eigenvalue weighted by atomic mass is 10.0. The van der Waals surface area contributed by atoms with Crippen molar-refractivity contribution in [3.63, 3.8) is 0 Å². The molecular formula is C16H22N2O2S. The summed E-state index contributed by atoms with van der Waals surface area (Å²) in [7, 11) is 0. The van der Waals surface area contributed by atoms with Crippen LogP contribution in [0.15, 0.2) is 21.2 Å². The highest BCUT2D eigenvalue weighted by atomic mass is 32.1. The van der Waals surface area contributed by atoms with E-state index in [1.807, 2.05) is 30.7 Å². The van der Waals surface area contributed by atoms with Crippen molar-refractivity contribution >= 4 is 17.2 Å². The average Bonchev–Trinajstić information content (AvgIpc) is 3.08. The van der Waals surface area contributed by atoms with Crippen LogP contribution in [-0.2, 0) is 11.2 Å². The van der Waals surface area contributed by atoms with Crippen LogP contribution in [0.1, 0.15) is 38.6 Å². The lowest BCUT2D eigenvalue weighted by molar-refractivity contribution is -0.121. The Morgan fingerprint density at radius 2 is 2.24 bits per heavy atom. The highest BCUT2D eigenvalue weighted by Gasteiger charge is 2.17. The summed E-state index contributed by atoms with van der Waals surface area (Å²) < 4.78 is 5.65. The summed E-state index contributed by atoms with van der Waals surface area (Å²) in [6.45, 7) is 8.16. The summed E-state index contributed by atoms with van der Waals surface area (Å²) in [5, 5.41) is 7.00. The summed E-state index contributed by atoms with van der Waals surface area (Å²) in [6.07, 6.45) is 1.31. The molecule has 114 valence electrons. The second-order valence-electron chi connectivity index (χ2n) is 5.45. The SMILES string of the molecule is CCC(C)C(C)NC(=O)Cc1nc(-c2ccsc2)oc1C. The van der Waals surface area contributed by atoms with E-state index in [9.17, 15) is 4.79 Å². The summed E-state index contributed by atoms with van der Waals surface area (Å²) in [4.78, 5) is 16.5. The van der Waals surface area contributed by atoms with Gasteiger partial charge in [0.1, 0.15) is 5.76 Å². The third-order valence-electron chi connectivity index (χ3n) is 3.87. The van der Waals surface area contributed by atoms with Crippen molar-refractivity contribution in [3.8, 4) is 11.5 Å². The zero-order valence-electron chi connectivity index (χ0n) is 13.0. The molecule has 4 nitrogen and oxygen atoms in total. The zero-order chi connectivity index (χ0) is 15.4. The van der Waals surface area contributed by atoms with E-state index in [-0.39, 0.29) is 18.4 Å². The van der Waals surface area contributed by atoms with Crippen LogP contribution in [0.5, 0.6) is 0 Å². The van der Waals surface area contributed by atoms with Gasteiger partial charge in [-0.15, -0.1) is 0 Å². The Morgan fingerprint density at radius 3 is 2.86 bits per heavy atom. The van der Waals surface area contributed by atoms with Gasteiger partial charge in [-0.1, -0.05) is 20.3 Å². The molecule has 1 amide bonds. The Kier molecular flexibility index (Phi) is 5.17. The molecule has 0 aliphatic rings. The molecule has 0 spiro atoms. The fourth-order valence-corrected chi connectivity index (χ4v) is 2.68. The monoisotopic (exact) mass is 306 g/mol. The fourth-order valence-electron chi connectivity index (χ4n) is 2.05. The molecule has 0 aliphatic heterocycles. The van der Waals surface area contributed by atoms with Crippen molar-refractivity contribution < 1.29 is 9.21 Å². The topological polar surface area (TPSA) is 55.1 Å². The highest BCUT2D eigenvalue weighted by molar-refractivity contribution is 7.08. The molecule has 0 radical (unpaired) electrons. The van der Waals surface area contributed by atoms with Gasteiger partial charge < -0.3 is 9.73 Å². The molecule has 0 saturated heterocycles. The van der Waals surface area contributed by atoms with Gasteiger partial charge in [0.25, 0.3) is 0 Å². The first-order valence-electron chi connectivity index (χ1n) is 7.29. The van der Waals surface area contributed by atoms with Crippen LogP contribution in [0.2, 0.25) is 0 Å². The molecule has 2 heterocycles. The van der Waals surface area contributed by atoms with Gasteiger partial charge >= 0.3 is 0 Å². The van der Waals surface area contributed by atoms with Crippen LogP contribution in [0, 0.1) is 12.8 Å². The standard InChI is InChI=1S/C16H22N2O2S/c1-5-10(2)11(3)17-15(19)8-14-12(4)20-16(18-14)13-6-7-21-9-13/h6-7,9-11H,5,8H2,1-4H3,(H,17,19). The molecule has 2 aromatic rings. The second kappa shape index (κ2) is 6.89. The van der Waals surface area contributed by atoms with E-state index >= 15 is 0 Å². The van der Waals surface area contributed by atoms with Gasteiger partial charge in [0.05, 0.1) is 12.1 Å². The predicted octanol–water partition coefficient (Wildman–Crippen LogP) is 3.80. The normalized spacial score (nSPS) is 13.9. The van der Waals surface area contributed by atoms with Gasteiger partial charge in [0, 0.05) is 17.0 Å². The number of nitrogens with zero attached hydrogens (tertiary/aromatic N) is 1. The summed E-state index contributed by atoms with van der Waals surface area (Å²) in [6, 6.07) is 2.14. The Bertz CT molecular complexity index is 589. The second-order valence-corrected chi connectivity index (χ2v) is 6.23. The Labute approximate surface area is 129 Å². The maximum Gasteiger partial charge on any atom is 0.227 e. The number of oxazole rings is 1. The van der Waals surface area contributed by atoms with Crippen molar-refractivity contribution in [2.24, 2.45) is 5.92 Å². The molecule has 21 heavy (non-hydrogen) atoms. The molecule has 0 bridgehead atoms. The van der Waals surface area contributed by atoms with Gasteiger partial charge in [0.2, 0.25) is 11.8 Å². The van der Waals surface area contributed by atoms with Gasteiger partial charge in [-0.2, -0.15) is 11.3 Å². The first-order chi connectivity index (χ1) is 10.0. The van der Waals surface area contributed by atoms with Crippen LogP contribution in [0.25, 0.3) is 11.5 Å². The Balaban J connectivity index is 2.01. The molecule has 2 aromatic heterocycles. The molecule has 0 aromatic carbocycles. The van der Waals surface area contributed by atoms with Gasteiger partial charge in [-0.25, -0.2) is 4.98 Å². The number of aryl methyl sites for hydroxylation is 1. The maximum atomic E-state index is 12.1. The quantitative estimate of drug-likeness (QED) is 0.883. The molecule has 2 rings (SSSR count). The largest absolute Gasteiger partial charge is 0.441 e. The molecule has 0 saturated carbocycles. The average molecular weight is 306 g/mol. The minimum atomic E-state index is -0.00364. The Hall–Kier alpha value is -1.62. The number of amides is 1. The van der Waals surface area contributed by atoms with Crippen molar-refractivity contribution in [2.75, 3.05) is 0 Å². The zero-order valence-corrected chi connectivity index (χ0v) is 13.8. The van der Waals surface area contributed by atoms with Gasteiger partial charge in [-0.05, 0) is 31.2 Å². The third kappa shape index (κ3) is 3.94. The lowest BCUT2D eigenvalue weighted by Crippen LogP contribution is -2.37. The third-order valence-corrected chi connectivity index (χ3v) is 4.56. The molecule has 2 atom stereocenters. The highest BCUT2D eigenvalue weighted by Crippen LogP contribution is 2.24. The van der Waals surface area contributed by atoms with Gasteiger partial charge in [-0.3, -0.25) is 4.79 Å². The molecule has 0 aliphatic carbocycles. The van der Waals surface area contributed by atoms with Crippen molar-refractivity contribution in [2.45, 2.75) is 46.6 Å². The summed E-state index contributed by atoms with van der Waals surface area (Å²) in [5.74, 6) is 1.76.